The van der Waals surface area contributed by atoms with Crippen LogP contribution in [0.4, 0.5) is 0 Å². The maximum Gasteiger partial charge on any atom is 0.243 e. The van der Waals surface area contributed by atoms with Crippen molar-refractivity contribution in [2.24, 2.45) is 0 Å². The predicted octanol–water partition coefficient (Wildman–Crippen LogP) is 2.21. The number of rotatable bonds is 3. The molecule has 2 heterocycles. The van der Waals surface area contributed by atoms with Crippen LogP contribution in [0.5, 0.6) is 0 Å². The van der Waals surface area contributed by atoms with Gasteiger partial charge in [0.25, 0.3) is 0 Å². The lowest BCUT2D eigenvalue weighted by Gasteiger charge is -2.29. The molecule has 0 spiro atoms. The minimum absolute atomic E-state index is 0.123. The van der Waals surface area contributed by atoms with E-state index < -0.39 is 10.0 Å². The van der Waals surface area contributed by atoms with Gasteiger partial charge in [-0.25, -0.2) is 8.42 Å². The molecule has 0 bridgehead atoms. The van der Waals surface area contributed by atoms with Gasteiger partial charge in [0.05, 0.1) is 4.90 Å². The number of aryl methyl sites for hydroxylation is 2. The summed E-state index contributed by atoms with van der Waals surface area (Å²) >= 11 is 0. The van der Waals surface area contributed by atoms with E-state index in [9.17, 15) is 8.42 Å². The Labute approximate surface area is 127 Å². The van der Waals surface area contributed by atoms with E-state index >= 15 is 0 Å². The van der Waals surface area contributed by atoms with Gasteiger partial charge in [0.1, 0.15) is 0 Å². The molecule has 2 fully saturated rings. The van der Waals surface area contributed by atoms with Crippen LogP contribution >= 0.6 is 0 Å². The van der Waals surface area contributed by atoms with E-state index in [2.05, 4.69) is 5.32 Å². The normalized spacial score (nSPS) is 27.3. The van der Waals surface area contributed by atoms with Crippen LogP contribution in [0.25, 0.3) is 0 Å². The van der Waals surface area contributed by atoms with Gasteiger partial charge in [-0.2, -0.15) is 4.31 Å². The van der Waals surface area contributed by atoms with Crippen molar-refractivity contribution in [3.63, 3.8) is 0 Å². The van der Waals surface area contributed by atoms with Crippen molar-refractivity contribution in [3.8, 4) is 0 Å². The first-order valence-corrected chi connectivity index (χ1v) is 9.26. The largest absolute Gasteiger partial charge is 0.312 e. The van der Waals surface area contributed by atoms with Crippen LogP contribution < -0.4 is 5.32 Å². The third kappa shape index (κ3) is 2.74. The number of hydrogen-bond acceptors (Lipinski definition) is 3. The summed E-state index contributed by atoms with van der Waals surface area (Å²) in [7, 11) is -3.39. The Bertz CT molecular complexity index is 621. The highest BCUT2D eigenvalue weighted by Gasteiger charge is 2.40. The van der Waals surface area contributed by atoms with E-state index in [0.717, 1.165) is 43.4 Å². The Morgan fingerprint density at radius 3 is 2.71 bits per heavy atom. The molecular weight excluding hydrogens is 284 g/mol. The average molecular weight is 308 g/mol. The topological polar surface area (TPSA) is 49.4 Å². The van der Waals surface area contributed by atoms with Crippen LogP contribution in [0.15, 0.2) is 23.1 Å². The molecule has 21 heavy (non-hydrogen) atoms. The fraction of sp³-hybridized carbons (Fsp3) is 0.625. The monoisotopic (exact) mass is 308 g/mol. The van der Waals surface area contributed by atoms with Gasteiger partial charge < -0.3 is 5.32 Å². The Balaban J connectivity index is 1.95. The van der Waals surface area contributed by atoms with Crippen molar-refractivity contribution in [2.75, 3.05) is 13.1 Å². The van der Waals surface area contributed by atoms with E-state index in [1.807, 2.05) is 32.0 Å². The zero-order chi connectivity index (χ0) is 15.0. The number of hydrogen-bond donors (Lipinski definition) is 1. The van der Waals surface area contributed by atoms with E-state index in [4.69, 9.17) is 0 Å². The molecule has 2 atom stereocenters. The van der Waals surface area contributed by atoms with Gasteiger partial charge in [-0.15, -0.1) is 0 Å². The average Bonchev–Trinajstić information content (AvgIpc) is 3.10. The summed E-state index contributed by atoms with van der Waals surface area (Å²) in [4.78, 5) is 0.479. The minimum atomic E-state index is -3.39. The van der Waals surface area contributed by atoms with Crippen LogP contribution in [0.1, 0.15) is 36.8 Å². The quantitative estimate of drug-likeness (QED) is 0.931. The molecule has 2 saturated heterocycles. The molecule has 3 rings (SSSR count). The third-order valence-electron chi connectivity index (χ3n) is 4.74. The second-order valence-corrected chi connectivity index (χ2v) is 8.16. The summed E-state index contributed by atoms with van der Waals surface area (Å²) in [5, 5.41) is 3.47. The lowest BCUT2D eigenvalue weighted by Crippen LogP contribution is -2.46. The molecule has 2 aliphatic heterocycles. The molecule has 2 aliphatic rings. The molecule has 1 aromatic rings. The van der Waals surface area contributed by atoms with Crippen molar-refractivity contribution in [1.29, 1.82) is 0 Å². The molecule has 5 heteroatoms. The van der Waals surface area contributed by atoms with Crippen LogP contribution in [-0.4, -0.2) is 37.9 Å². The molecular formula is C16H24N2O2S. The highest BCUT2D eigenvalue weighted by molar-refractivity contribution is 7.89. The lowest BCUT2D eigenvalue weighted by molar-refractivity contribution is 0.322. The molecule has 0 aromatic heterocycles. The van der Waals surface area contributed by atoms with Crippen molar-refractivity contribution in [2.45, 2.75) is 56.5 Å². The van der Waals surface area contributed by atoms with Gasteiger partial charge in [0.2, 0.25) is 10.0 Å². The van der Waals surface area contributed by atoms with E-state index in [1.165, 1.54) is 0 Å². The first-order chi connectivity index (χ1) is 10.00. The third-order valence-corrected chi connectivity index (χ3v) is 6.81. The van der Waals surface area contributed by atoms with Crippen molar-refractivity contribution in [1.82, 2.24) is 9.62 Å². The van der Waals surface area contributed by atoms with Crippen LogP contribution in [0.3, 0.4) is 0 Å². The van der Waals surface area contributed by atoms with Gasteiger partial charge in [-0.1, -0.05) is 12.1 Å². The van der Waals surface area contributed by atoms with Gasteiger partial charge in [0.15, 0.2) is 0 Å². The summed E-state index contributed by atoms with van der Waals surface area (Å²) in [6.45, 7) is 5.49. The van der Waals surface area contributed by atoms with Crippen LogP contribution in [0, 0.1) is 13.8 Å². The fourth-order valence-electron chi connectivity index (χ4n) is 3.62. The standard InChI is InChI=1S/C16H24N2O2S/c1-12-7-8-13(2)16(11-12)21(19,20)18-10-4-6-15(18)14-5-3-9-17-14/h7-8,11,14-15,17H,3-6,9-10H2,1-2H3. The molecule has 0 saturated carbocycles. The Morgan fingerprint density at radius 2 is 2.00 bits per heavy atom. The van der Waals surface area contributed by atoms with Crippen molar-refractivity contribution in [3.05, 3.63) is 29.3 Å². The van der Waals surface area contributed by atoms with Gasteiger partial charge >= 0.3 is 0 Å². The van der Waals surface area contributed by atoms with Crippen molar-refractivity contribution < 1.29 is 8.42 Å². The Hall–Kier alpha value is -0.910. The van der Waals surface area contributed by atoms with Crippen LogP contribution in [0.2, 0.25) is 0 Å². The first-order valence-electron chi connectivity index (χ1n) is 7.82. The summed E-state index contributed by atoms with van der Waals surface area (Å²) in [6, 6.07) is 6.13. The minimum Gasteiger partial charge on any atom is -0.312 e. The maximum atomic E-state index is 13.1. The summed E-state index contributed by atoms with van der Waals surface area (Å²) in [5.41, 5.74) is 1.83. The summed E-state index contributed by atoms with van der Waals surface area (Å²) < 4.78 is 27.9. The Morgan fingerprint density at radius 1 is 1.19 bits per heavy atom. The van der Waals surface area contributed by atoms with E-state index in [-0.39, 0.29) is 6.04 Å². The number of sulfonamides is 1. The molecule has 0 aliphatic carbocycles. The highest BCUT2D eigenvalue weighted by Crippen LogP contribution is 2.31. The second-order valence-electron chi connectivity index (χ2n) is 6.30. The first kappa shape index (κ1) is 15.0. The molecule has 116 valence electrons. The summed E-state index contributed by atoms with van der Waals surface area (Å²) in [5.74, 6) is 0. The molecule has 2 unspecified atom stereocenters. The highest BCUT2D eigenvalue weighted by atomic mass is 32.2. The zero-order valence-electron chi connectivity index (χ0n) is 12.8. The molecule has 4 nitrogen and oxygen atoms in total. The molecule has 0 amide bonds. The SMILES string of the molecule is Cc1ccc(C)c(S(=O)(=O)N2CCCC2C2CCCN2)c1. The number of nitrogens with one attached hydrogen (secondary N) is 1. The number of nitrogens with zero attached hydrogens (tertiary/aromatic N) is 1. The van der Waals surface area contributed by atoms with E-state index in [1.54, 1.807) is 4.31 Å². The molecule has 0 radical (unpaired) electrons. The lowest BCUT2D eigenvalue weighted by atomic mass is 10.1. The van der Waals surface area contributed by atoms with Gasteiger partial charge in [0, 0.05) is 18.6 Å². The van der Waals surface area contributed by atoms with Gasteiger partial charge in [-0.05, 0) is 63.3 Å². The van der Waals surface area contributed by atoms with Crippen LogP contribution in [-0.2, 0) is 10.0 Å². The smallest absolute Gasteiger partial charge is 0.243 e. The molecule has 1 N–H and O–H groups in total. The zero-order valence-corrected chi connectivity index (χ0v) is 13.6. The predicted molar refractivity (Wildman–Crippen MR) is 83.9 cm³/mol. The van der Waals surface area contributed by atoms with Gasteiger partial charge in [-0.3, -0.25) is 0 Å². The number of benzene rings is 1. The molecule has 1 aromatic carbocycles. The van der Waals surface area contributed by atoms with E-state index in [0.29, 0.717) is 17.5 Å². The second kappa shape index (κ2) is 5.71. The van der Waals surface area contributed by atoms with Crippen molar-refractivity contribution >= 4 is 10.0 Å². The maximum absolute atomic E-state index is 13.1. The summed E-state index contributed by atoms with van der Waals surface area (Å²) in [6.07, 6.45) is 4.18. The fourth-order valence-corrected chi connectivity index (χ4v) is 5.66. The Kier molecular flexibility index (Phi) is 4.08.